The monoisotopic (exact) mass is 283 g/mol. The first-order valence-electron chi connectivity index (χ1n) is 7.12. The van der Waals surface area contributed by atoms with Crippen LogP contribution in [0.4, 0.5) is 0 Å². The summed E-state index contributed by atoms with van der Waals surface area (Å²) < 4.78 is 5.56. The van der Waals surface area contributed by atoms with Crippen molar-refractivity contribution >= 4 is 5.91 Å². The SMILES string of the molecule is Cc1cc(C)c(C(=O)NCCOc2ccccc2)c(C)c1. The number of amides is 1. The number of nitrogens with one attached hydrogen (secondary N) is 1. The lowest BCUT2D eigenvalue weighted by Crippen LogP contribution is -2.29. The van der Waals surface area contributed by atoms with E-state index in [0.717, 1.165) is 22.4 Å². The topological polar surface area (TPSA) is 38.3 Å². The van der Waals surface area contributed by atoms with Gasteiger partial charge in [0.1, 0.15) is 12.4 Å². The van der Waals surface area contributed by atoms with Crippen molar-refractivity contribution in [1.29, 1.82) is 0 Å². The van der Waals surface area contributed by atoms with Crippen molar-refractivity contribution in [2.75, 3.05) is 13.2 Å². The van der Waals surface area contributed by atoms with E-state index in [0.29, 0.717) is 13.2 Å². The molecule has 0 saturated carbocycles. The second-order valence-electron chi connectivity index (χ2n) is 5.19. The summed E-state index contributed by atoms with van der Waals surface area (Å²) >= 11 is 0. The quantitative estimate of drug-likeness (QED) is 0.854. The number of benzene rings is 2. The summed E-state index contributed by atoms with van der Waals surface area (Å²) in [5.41, 5.74) is 3.96. The molecule has 1 amide bonds. The summed E-state index contributed by atoms with van der Waals surface area (Å²) in [4.78, 5) is 12.2. The highest BCUT2D eigenvalue weighted by atomic mass is 16.5. The normalized spacial score (nSPS) is 10.2. The van der Waals surface area contributed by atoms with Gasteiger partial charge in [-0.25, -0.2) is 0 Å². The number of hydrogen-bond donors (Lipinski definition) is 1. The van der Waals surface area contributed by atoms with E-state index in [1.165, 1.54) is 5.56 Å². The standard InChI is InChI=1S/C18H21NO2/c1-13-11-14(2)17(15(3)12-13)18(20)19-9-10-21-16-7-5-4-6-8-16/h4-8,11-12H,9-10H2,1-3H3,(H,19,20). The van der Waals surface area contributed by atoms with Crippen molar-refractivity contribution < 1.29 is 9.53 Å². The molecule has 2 aromatic rings. The molecule has 0 fully saturated rings. The van der Waals surface area contributed by atoms with Gasteiger partial charge in [0, 0.05) is 5.56 Å². The molecular formula is C18H21NO2. The Balaban J connectivity index is 1.88. The van der Waals surface area contributed by atoms with Crippen LogP contribution >= 0.6 is 0 Å². The van der Waals surface area contributed by atoms with Gasteiger partial charge in [0.25, 0.3) is 5.91 Å². The minimum atomic E-state index is -0.0401. The molecule has 1 N–H and O–H groups in total. The maximum Gasteiger partial charge on any atom is 0.251 e. The first-order chi connectivity index (χ1) is 10.1. The molecule has 110 valence electrons. The third-order valence-electron chi connectivity index (χ3n) is 3.30. The van der Waals surface area contributed by atoms with Crippen LogP contribution in [-0.4, -0.2) is 19.1 Å². The molecule has 0 aliphatic rings. The highest BCUT2D eigenvalue weighted by Crippen LogP contribution is 2.16. The zero-order valence-corrected chi connectivity index (χ0v) is 12.8. The number of ether oxygens (including phenoxy) is 1. The average molecular weight is 283 g/mol. The maximum absolute atomic E-state index is 12.2. The van der Waals surface area contributed by atoms with Gasteiger partial charge < -0.3 is 10.1 Å². The second kappa shape index (κ2) is 6.93. The number of hydrogen-bond acceptors (Lipinski definition) is 2. The summed E-state index contributed by atoms with van der Waals surface area (Å²) in [6, 6.07) is 13.6. The zero-order chi connectivity index (χ0) is 15.2. The summed E-state index contributed by atoms with van der Waals surface area (Å²) in [5.74, 6) is 0.774. The van der Waals surface area contributed by atoms with Crippen LogP contribution in [0.1, 0.15) is 27.0 Å². The van der Waals surface area contributed by atoms with E-state index in [2.05, 4.69) is 5.32 Å². The Morgan fingerprint density at radius 2 is 1.67 bits per heavy atom. The molecule has 21 heavy (non-hydrogen) atoms. The molecule has 2 rings (SSSR count). The lowest BCUT2D eigenvalue weighted by Gasteiger charge is -2.12. The Bertz CT molecular complexity index is 597. The first kappa shape index (κ1) is 15.1. The average Bonchev–Trinajstić information content (AvgIpc) is 2.43. The summed E-state index contributed by atoms with van der Waals surface area (Å²) in [6.07, 6.45) is 0. The highest BCUT2D eigenvalue weighted by molar-refractivity contribution is 5.97. The molecule has 0 unspecified atom stereocenters. The van der Waals surface area contributed by atoms with Crippen molar-refractivity contribution in [2.24, 2.45) is 0 Å². The van der Waals surface area contributed by atoms with Crippen molar-refractivity contribution in [1.82, 2.24) is 5.32 Å². The van der Waals surface area contributed by atoms with Crippen LogP contribution in [0, 0.1) is 20.8 Å². The van der Waals surface area contributed by atoms with Crippen molar-refractivity contribution in [3.63, 3.8) is 0 Å². The van der Waals surface area contributed by atoms with Crippen LogP contribution in [-0.2, 0) is 0 Å². The van der Waals surface area contributed by atoms with Crippen molar-refractivity contribution in [3.05, 3.63) is 64.7 Å². The van der Waals surface area contributed by atoms with Crippen LogP contribution in [0.3, 0.4) is 0 Å². The Kier molecular flexibility index (Phi) is 4.99. The predicted octanol–water partition coefficient (Wildman–Crippen LogP) is 3.42. The molecule has 3 nitrogen and oxygen atoms in total. The number of carbonyl (C=O) groups excluding carboxylic acids is 1. The minimum absolute atomic E-state index is 0.0401. The number of carbonyl (C=O) groups is 1. The number of para-hydroxylation sites is 1. The van der Waals surface area contributed by atoms with Gasteiger partial charge in [-0.15, -0.1) is 0 Å². The molecule has 0 aliphatic carbocycles. The van der Waals surface area contributed by atoms with Crippen LogP contribution < -0.4 is 10.1 Å². The molecule has 0 aliphatic heterocycles. The van der Waals surface area contributed by atoms with Crippen molar-refractivity contribution in [2.45, 2.75) is 20.8 Å². The van der Waals surface area contributed by atoms with Crippen LogP contribution in [0.25, 0.3) is 0 Å². The fourth-order valence-electron chi connectivity index (χ4n) is 2.48. The van der Waals surface area contributed by atoms with Crippen LogP contribution in [0.15, 0.2) is 42.5 Å². The molecule has 0 atom stereocenters. The van der Waals surface area contributed by atoms with Crippen molar-refractivity contribution in [3.8, 4) is 5.75 Å². The van der Waals surface area contributed by atoms with Gasteiger partial charge in [-0.1, -0.05) is 35.9 Å². The van der Waals surface area contributed by atoms with Gasteiger partial charge in [0.15, 0.2) is 0 Å². The zero-order valence-electron chi connectivity index (χ0n) is 12.8. The van der Waals surface area contributed by atoms with E-state index in [9.17, 15) is 4.79 Å². The lowest BCUT2D eigenvalue weighted by atomic mass is 9.99. The molecule has 0 aromatic heterocycles. The molecule has 0 bridgehead atoms. The highest BCUT2D eigenvalue weighted by Gasteiger charge is 2.12. The third kappa shape index (κ3) is 4.09. The van der Waals surface area contributed by atoms with E-state index < -0.39 is 0 Å². The van der Waals surface area contributed by atoms with Gasteiger partial charge in [-0.3, -0.25) is 4.79 Å². The molecule has 0 heterocycles. The molecular weight excluding hydrogens is 262 g/mol. The first-order valence-corrected chi connectivity index (χ1v) is 7.12. The largest absolute Gasteiger partial charge is 0.492 e. The van der Waals surface area contributed by atoms with E-state index >= 15 is 0 Å². The summed E-state index contributed by atoms with van der Waals surface area (Å²) in [7, 11) is 0. The minimum Gasteiger partial charge on any atom is -0.492 e. The van der Waals surface area contributed by atoms with E-state index in [1.807, 2.05) is 63.2 Å². The van der Waals surface area contributed by atoms with Crippen LogP contribution in [0.2, 0.25) is 0 Å². The number of aryl methyl sites for hydroxylation is 3. The predicted molar refractivity (Wildman–Crippen MR) is 84.9 cm³/mol. The van der Waals surface area contributed by atoms with Gasteiger partial charge >= 0.3 is 0 Å². The smallest absolute Gasteiger partial charge is 0.251 e. The third-order valence-corrected chi connectivity index (χ3v) is 3.30. The van der Waals surface area contributed by atoms with Gasteiger partial charge in [0.2, 0.25) is 0 Å². The summed E-state index contributed by atoms with van der Waals surface area (Å²) in [6.45, 7) is 6.92. The molecule has 0 spiro atoms. The Hall–Kier alpha value is -2.29. The fraction of sp³-hybridized carbons (Fsp3) is 0.278. The van der Waals surface area contributed by atoms with E-state index in [4.69, 9.17) is 4.74 Å². The Morgan fingerprint density at radius 1 is 1.05 bits per heavy atom. The van der Waals surface area contributed by atoms with Gasteiger partial charge in [-0.05, 0) is 44.0 Å². The lowest BCUT2D eigenvalue weighted by molar-refractivity contribution is 0.0946. The van der Waals surface area contributed by atoms with Crippen LogP contribution in [0.5, 0.6) is 5.75 Å². The molecule has 3 heteroatoms. The Labute approximate surface area is 126 Å². The molecule has 0 saturated heterocycles. The van der Waals surface area contributed by atoms with Gasteiger partial charge in [0.05, 0.1) is 6.54 Å². The van der Waals surface area contributed by atoms with Gasteiger partial charge in [-0.2, -0.15) is 0 Å². The Morgan fingerprint density at radius 3 is 2.29 bits per heavy atom. The fourth-order valence-corrected chi connectivity index (χ4v) is 2.48. The summed E-state index contributed by atoms with van der Waals surface area (Å²) in [5, 5.41) is 2.91. The maximum atomic E-state index is 12.2. The molecule has 2 aromatic carbocycles. The van der Waals surface area contributed by atoms with E-state index in [1.54, 1.807) is 0 Å². The van der Waals surface area contributed by atoms with E-state index in [-0.39, 0.29) is 5.91 Å². The molecule has 0 radical (unpaired) electrons. The number of rotatable bonds is 5. The second-order valence-corrected chi connectivity index (χ2v) is 5.19.